The van der Waals surface area contributed by atoms with Gasteiger partial charge in [0.1, 0.15) is 12.4 Å². The van der Waals surface area contributed by atoms with Crippen molar-refractivity contribution in [1.29, 1.82) is 0 Å². The average Bonchev–Trinajstić information content (AvgIpc) is 3.23. The van der Waals surface area contributed by atoms with E-state index in [9.17, 15) is 14.4 Å². The van der Waals surface area contributed by atoms with Gasteiger partial charge in [-0.3, -0.25) is 19.3 Å². The number of imide groups is 1. The highest BCUT2D eigenvalue weighted by molar-refractivity contribution is 6.21. The Hall–Kier alpha value is -3.39. The maximum absolute atomic E-state index is 12.3. The molecule has 42 heavy (non-hydrogen) atoms. The summed E-state index contributed by atoms with van der Waals surface area (Å²) in [6.07, 6.45) is 0. The largest absolute Gasteiger partial charge is 0.491 e. The normalized spacial score (nSPS) is 12.5. The predicted molar refractivity (Wildman–Crippen MR) is 153 cm³/mol. The Morgan fingerprint density at radius 2 is 1.00 bits per heavy atom. The van der Waals surface area contributed by atoms with E-state index < -0.39 is 0 Å². The van der Waals surface area contributed by atoms with E-state index in [4.69, 9.17) is 33.2 Å². The van der Waals surface area contributed by atoms with E-state index in [1.54, 1.807) is 48.5 Å². The second-order valence-electron chi connectivity index (χ2n) is 9.04. The van der Waals surface area contributed by atoms with Gasteiger partial charge in [-0.25, -0.2) is 0 Å². The van der Waals surface area contributed by atoms with Crippen LogP contribution in [0.15, 0.2) is 48.5 Å². The van der Waals surface area contributed by atoms with E-state index in [1.165, 1.54) is 11.8 Å². The summed E-state index contributed by atoms with van der Waals surface area (Å²) in [6.45, 7) is 7.22. The summed E-state index contributed by atoms with van der Waals surface area (Å²) in [5, 5.41) is 2.70. The lowest BCUT2D eigenvalue weighted by molar-refractivity contribution is -0.114. The van der Waals surface area contributed by atoms with Crippen LogP contribution in [0.4, 0.5) is 5.69 Å². The highest BCUT2D eigenvalue weighted by Crippen LogP contribution is 2.21. The molecule has 1 N–H and O–H groups in total. The minimum Gasteiger partial charge on any atom is -0.491 e. The Morgan fingerprint density at radius 1 is 0.595 bits per heavy atom. The van der Waals surface area contributed by atoms with Gasteiger partial charge in [0.2, 0.25) is 5.91 Å². The van der Waals surface area contributed by atoms with Gasteiger partial charge in [-0.15, -0.1) is 0 Å². The first-order valence-electron chi connectivity index (χ1n) is 14.0. The Bertz CT molecular complexity index is 1060. The standard InChI is InChI=1S/C30H40N2O10/c1-24(33)31-25-6-8-26(9-7-25)42-23-22-41-21-20-40-19-18-39-17-16-38-15-14-37-13-12-36-11-10-32-29(34)27-4-2-3-5-28(27)30(32)35/h2-9H,10-23H2,1H3,(H,31,33). The van der Waals surface area contributed by atoms with Crippen molar-refractivity contribution in [3.63, 3.8) is 0 Å². The Kier molecular flexibility index (Phi) is 15.5. The monoisotopic (exact) mass is 588 g/mol. The lowest BCUT2D eigenvalue weighted by Gasteiger charge is -2.13. The minimum atomic E-state index is -0.280. The molecule has 3 rings (SSSR count). The number of amides is 3. The molecule has 0 fully saturated rings. The van der Waals surface area contributed by atoms with E-state index in [1.807, 2.05) is 0 Å². The Balaban J connectivity index is 1.01. The third-order valence-electron chi connectivity index (χ3n) is 5.87. The zero-order valence-corrected chi connectivity index (χ0v) is 24.0. The van der Waals surface area contributed by atoms with Crippen molar-refractivity contribution in [2.24, 2.45) is 0 Å². The summed E-state index contributed by atoms with van der Waals surface area (Å²) in [4.78, 5) is 36.8. The molecule has 2 aromatic rings. The Labute approximate surface area is 246 Å². The number of hydrogen-bond donors (Lipinski definition) is 1. The molecular formula is C30H40N2O10. The highest BCUT2D eigenvalue weighted by atomic mass is 16.6. The van der Waals surface area contributed by atoms with Crippen molar-refractivity contribution >= 4 is 23.4 Å². The van der Waals surface area contributed by atoms with Crippen molar-refractivity contribution in [3.8, 4) is 5.75 Å². The average molecular weight is 589 g/mol. The summed E-state index contributed by atoms with van der Waals surface area (Å²) in [5.74, 6) is 0.0340. The first-order chi connectivity index (χ1) is 20.6. The summed E-state index contributed by atoms with van der Waals surface area (Å²) < 4.78 is 38.4. The van der Waals surface area contributed by atoms with Gasteiger partial charge in [0.25, 0.3) is 11.8 Å². The smallest absolute Gasteiger partial charge is 0.261 e. The van der Waals surface area contributed by atoms with E-state index in [0.717, 1.165) is 5.69 Å². The fourth-order valence-electron chi connectivity index (χ4n) is 3.86. The van der Waals surface area contributed by atoms with Crippen LogP contribution in [0.3, 0.4) is 0 Å². The summed E-state index contributed by atoms with van der Waals surface area (Å²) in [6, 6.07) is 13.9. The number of rotatable bonds is 23. The van der Waals surface area contributed by atoms with Crippen molar-refractivity contribution in [2.45, 2.75) is 6.92 Å². The zero-order chi connectivity index (χ0) is 29.8. The third-order valence-corrected chi connectivity index (χ3v) is 5.87. The molecule has 0 aliphatic carbocycles. The Morgan fingerprint density at radius 3 is 1.43 bits per heavy atom. The lowest BCUT2D eigenvalue weighted by Crippen LogP contribution is -2.33. The molecule has 0 saturated carbocycles. The zero-order valence-electron chi connectivity index (χ0n) is 24.0. The summed E-state index contributed by atoms with van der Waals surface area (Å²) in [5.41, 5.74) is 1.60. The molecule has 1 aliphatic rings. The van der Waals surface area contributed by atoms with Crippen LogP contribution in [0.1, 0.15) is 27.6 Å². The van der Waals surface area contributed by atoms with Gasteiger partial charge < -0.3 is 38.5 Å². The van der Waals surface area contributed by atoms with Gasteiger partial charge in [-0.2, -0.15) is 0 Å². The first kappa shape index (κ1) is 33.1. The number of carbonyl (C=O) groups is 3. The van der Waals surface area contributed by atoms with Gasteiger partial charge >= 0.3 is 0 Å². The van der Waals surface area contributed by atoms with Gasteiger partial charge in [0.15, 0.2) is 0 Å². The van der Waals surface area contributed by atoms with Crippen molar-refractivity contribution in [1.82, 2.24) is 4.90 Å². The summed E-state index contributed by atoms with van der Waals surface area (Å²) in [7, 11) is 0. The number of fused-ring (bicyclic) bond motifs is 1. The molecule has 12 nitrogen and oxygen atoms in total. The van der Waals surface area contributed by atoms with Crippen LogP contribution in [-0.2, 0) is 33.2 Å². The van der Waals surface area contributed by atoms with Crippen LogP contribution in [0.5, 0.6) is 5.75 Å². The molecule has 3 amide bonds. The molecule has 1 heterocycles. The second-order valence-corrected chi connectivity index (χ2v) is 9.04. The molecule has 0 bridgehead atoms. The third kappa shape index (κ3) is 12.2. The van der Waals surface area contributed by atoms with Crippen molar-refractivity contribution in [3.05, 3.63) is 59.7 Å². The van der Waals surface area contributed by atoms with Gasteiger partial charge in [0, 0.05) is 12.6 Å². The fourth-order valence-corrected chi connectivity index (χ4v) is 3.86. The van der Waals surface area contributed by atoms with Crippen LogP contribution < -0.4 is 10.1 Å². The number of anilines is 1. The van der Waals surface area contributed by atoms with E-state index in [-0.39, 0.29) is 30.9 Å². The first-order valence-corrected chi connectivity index (χ1v) is 14.0. The van der Waals surface area contributed by atoms with Crippen LogP contribution in [-0.4, -0.2) is 115 Å². The van der Waals surface area contributed by atoms with E-state index in [2.05, 4.69) is 5.32 Å². The molecule has 1 aliphatic heterocycles. The van der Waals surface area contributed by atoms with Gasteiger partial charge in [-0.1, -0.05) is 12.1 Å². The van der Waals surface area contributed by atoms with Crippen LogP contribution in [0.2, 0.25) is 0 Å². The quantitative estimate of drug-likeness (QED) is 0.153. The SMILES string of the molecule is CC(=O)Nc1ccc(OCCOCCOCCOCCOCCOCCOCCN2C(=O)c3ccccc3C2=O)cc1. The maximum atomic E-state index is 12.3. The number of nitrogens with one attached hydrogen (secondary N) is 1. The molecular weight excluding hydrogens is 548 g/mol. The molecule has 12 heteroatoms. The van der Waals surface area contributed by atoms with Gasteiger partial charge in [-0.05, 0) is 36.4 Å². The summed E-state index contributed by atoms with van der Waals surface area (Å²) >= 11 is 0. The van der Waals surface area contributed by atoms with Gasteiger partial charge in [0.05, 0.1) is 97.0 Å². The molecule has 0 radical (unpaired) electrons. The van der Waals surface area contributed by atoms with Crippen LogP contribution in [0, 0.1) is 0 Å². The number of nitrogens with zero attached hydrogens (tertiary/aromatic N) is 1. The van der Waals surface area contributed by atoms with Crippen LogP contribution >= 0.6 is 0 Å². The van der Waals surface area contributed by atoms with Crippen molar-refractivity contribution < 1.29 is 47.5 Å². The second kappa shape index (κ2) is 19.7. The van der Waals surface area contributed by atoms with Crippen molar-refractivity contribution in [2.75, 3.05) is 97.8 Å². The van der Waals surface area contributed by atoms with E-state index in [0.29, 0.717) is 96.2 Å². The fraction of sp³-hybridized carbons (Fsp3) is 0.500. The maximum Gasteiger partial charge on any atom is 0.261 e. The molecule has 0 aromatic heterocycles. The number of ether oxygens (including phenoxy) is 7. The molecule has 0 atom stereocenters. The lowest BCUT2D eigenvalue weighted by atomic mass is 10.1. The molecule has 2 aromatic carbocycles. The molecule has 0 unspecified atom stereocenters. The van der Waals surface area contributed by atoms with E-state index >= 15 is 0 Å². The van der Waals surface area contributed by atoms with Crippen LogP contribution in [0.25, 0.3) is 0 Å². The topological polar surface area (TPSA) is 131 Å². The minimum absolute atomic E-state index is 0.114. The molecule has 0 spiro atoms. The highest BCUT2D eigenvalue weighted by Gasteiger charge is 2.34. The molecule has 0 saturated heterocycles. The number of hydrogen-bond acceptors (Lipinski definition) is 10. The number of benzene rings is 2. The number of carbonyl (C=O) groups excluding carboxylic acids is 3. The molecule has 230 valence electrons. The predicted octanol–water partition coefficient (Wildman–Crippen LogP) is 2.42.